The fourth-order valence-corrected chi connectivity index (χ4v) is 5.35. The third-order valence-corrected chi connectivity index (χ3v) is 6.92. The Bertz CT molecular complexity index is 1050. The molecule has 2 aromatic heterocycles. The van der Waals surface area contributed by atoms with Gasteiger partial charge in [-0.3, -0.25) is 5.10 Å². The van der Waals surface area contributed by atoms with Crippen LogP contribution in [0.15, 0.2) is 23.1 Å². The Hall–Kier alpha value is -2.32. The highest BCUT2D eigenvalue weighted by Gasteiger charge is 2.33. The number of hydrogen-bond acceptors (Lipinski definition) is 4. The molecule has 3 aromatic rings. The zero-order valence-corrected chi connectivity index (χ0v) is 15.2. The Labute approximate surface area is 146 Å². The Morgan fingerprint density at radius 2 is 2.08 bits per heavy atom. The highest BCUT2D eigenvalue weighted by atomic mass is 32.2. The molecule has 4 rings (SSSR count). The van der Waals surface area contributed by atoms with Crippen LogP contribution in [0, 0.1) is 13.8 Å². The monoisotopic (exact) mass is 360 g/mol. The lowest BCUT2D eigenvalue weighted by molar-refractivity contribution is 0.390. The van der Waals surface area contributed by atoms with E-state index < -0.39 is 10.0 Å². The summed E-state index contributed by atoms with van der Waals surface area (Å²) in [5.74, 6) is 0.767. The van der Waals surface area contributed by atoms with Crippen molar-refractivity contribution in [1.29, 1.82) is 0 Å². The summed E-state index contributed by atoms with van der Waals surface area (Å²) in [6.45, 7) is 4.23. The quantitative estimate of drug-likeness (QED) is 0.749. The highest BCUT2D eigenvalue weighted by molar-refractivity contribution is 7.89. The molecule has 8 heteroatoms. The molecule has 0 saturated heterocycles. The van der Waals surface area contributed by atoms with Gasteiger partial charge in [-0.05, 0) is 25.5 Å². The number of benzene rings is 1. The number of ether oxygens (including phenoxy) is 1. The van der Waals surface area contributed by atoms with Crippen molar-refractivity contribution in [3.63, 3.8) is 0 Å². The molecule has 3 heterocycles. The largest absolute Gasteiger partial charge is 0.495 e. The van der Waals surface area contributed by atoms with Gasteiger partial charge in [-0.15, -0.1) is 0 Å². The molecule has 1 aliphatic rings. The van der Waals surface area contributed by atoms with Gasteiger partial charge in [0.1, 0.15) is 10.6 Å². The van der Waals surface area contributed by atoms with Crippen LogP contribution < -0.4 is 4.74 Å². The van der Waals surface area contributed by atoms with Gasteiger partial charge in [0.05, 0.1) is 24.0 Å². The van der Waals surface area contributed by atoms with Crippen molar-refractivity contribution in [2.24, 2.45) is 0 Å². The standard InChI is InChI=1S/C17H20N4O3S/c1-10-17(11(2)20-19-10)25(22,23)21-8-7-14-13(9-21)12-5-4-6-15(24-3)16(12)18-14/h4-6,18H,7-9H2,1-3H3,(H,19,20). The number of sulfonamides is 1. The lowest BCUT2D eigenvalue weighted by Crippen LogP contribution is -2.36. The van der Waals surface area contributed by atoms with Crippen LogP contribution in [0.5, 0.6) is 5.75 Å². The molecule has 7 nitrogen and oxygen atoms in total. The lowest BCUT2D eigenvalue weighted by Gasteiger charge is -2.26. The molecule has 0 saturated carbocycles. The molecule has 0 bridgehead atoms. The number of aromatic nitrogens is 3. The minimum atomic E-state index is -3.59. The maximum atomic E-state index is 13.1. The summed E-state index contributed by atoms with van der Waals surface area (Å²) in [4.78, 5) is 3.69. The van der Waals surface area contributed by atoms with Crippen molar-refractivity contribution in [2.45, 2.75) is 31.7 Å². The molecule has 0 spiro atoms. The molecule has 0 amide bonds. The fourth-order valence-electron chi connectivity index (χ4n) is 3.61. The van der Waals surface area contributed by atoms with E-state index in [0.717, 1.165) is 27.9 Å². The minimum Gasteiger partial charge on any atom is -0.495 e. The lowest BCUT2D eigenvalue weighted by atomic mass is 10.1. The van der Waals surface area contributed by atoms with E-state index in [4.69, 9.17) is 4.74 Å². The Balaban J connectivity index is 1.79. The van der Waals surface area contributed by atoms with E-state index in [2.05, 4.69) is 15.2 Å². The zero-order chi connectivity index (χ0) is 17.8. The molecule has 0 radical (unpaired) electrons. The van der Waals surface area contributed by atoms with E-state index in [1.807, 2.05) is 18.2 Å². The number of aryl methyl sites for hydroxylation is 2. The second kappa shape index (κ2) is 5.60. The van der Waals surface area contributed by atoms with Crippen LogP contribution in [0.25, 0.3) is 10.9 Å². The Kier molecular flexibility index (Phi) is 3.62. The van der Waals surface area contributed by atoms with Gasteiger partial charge in [0.25, 0.3) is 0 Å². The van der Waals surface area contributed by atoms with Crippen molar-refractivity contribution in [3.05, 3.63) is 40.8 Å². The summed E-state index contributed by atoms with van der Waals surface area (Å²) >= 11 is 0. The van der Waals surface area contributed by atoms with Crippen LogP contribution in [0.3, 0.4) is 0 Å². The first-order valence-corrected chi connectivity index (χ1v) is 9.55. The van der Waals surface area contributed by atoms with Crippen LogP contribution in [-0.4, -0.2) is 41.6 Å². The van der Waals surface area contributed by atoms with Gasteiger partial charge in [0.15, 0.2) is 0 Å². The van der Waals surface area contributed by atoms with Gasteiger partial charge < -0.3 is 9.72 Å². The number of nitrogens with one attached hydrogen (secondary N) is 2. The molecule has 2 N–H and O–H groups in total. The number of aromatic amines is 2. The zero-order valence-electron chi connectivity index (χ0n) is 14.4. The maximum Gasteiger partial charge on any atom is 0.247 e. The number of nitrogens with zero attached hydrogens (tertiary/aromatic N) is 2. The summed E-state index contributed by atoms with van der Waals surface area (Å²) in [5.41, 5.74) is 4.09. The molecule has 132 valence electrons. The number of fused-ring (bicyclic) bond motifs is 3. The number of hydrogen-bond donors (Lipinski definition) is 2. The van der Waals surface area contributed by atoms with E-state index in [1.165, 1.54) is 4.31 Å². The van der Waals surface area contributed by atoms with Crippen molar-refractivity contribution in [1.82, 2.24) is 19.5 Å². The van der Waals surface area contributed by atoms with Crippen molar-refractivity contribution >= 4 is 20.9 Å². The molecule has 0 atom stereocenters. The van der Waals surface area contributed by atoms with Gasteiger partial charge in [-0.1, -0.05) is 12.1 Å². The predicted molar refractivity (Wildman–Crippen MR) is 94.2 cm³/mol. The summed E-state index contributed by atoms with van der Waals surface area (Å²) in [6.07, 6.45) is 0.641. The van der Waals surface area contributed by atoms with E-state index in [1.54, 1.807) is 21.0 Å². The molecule has 1 aromatic carbocycles. The first-order chi connectivity index (χ1) is 11.9. The summed E-state index contributed by atoms with van der Waals surface area (Å²) < 4.78 is 33.2. The third-order valence-electron chi connectivity index (χ3n) is 4.82. The minimum absolute atomic E-state index is 0.286. The number of H-pyrrole nitrogens is 2. The molecule has 0 fully saturated rings. The predicted octanol–water partition coefficient (Wildman–Crippen LogP) is 2.26. The van der Waals surface area contributed by atoms with Crippen LogP contribution in [0.1, 0.15) is 22.6 Å². The average molecular weight is 360 g/mol. The van der Waals surface area contributed by atoms with Crippen molar-refractivity contribution in [2.75, 3.05) is 13.7 Å². The fraction of sp³-hybridized carbons (Fsp3) is 0.353. The smallest absolute Gasteiger partial charge is 0.247 e. The van der Waals surface area contributed by atoms with E-state index >= 15 is 0 Å². The average Bonchev–Trinajstić information content (AvgIpc) is 3.14. The number of methoxy groups -OCH3 is 1. The normalized spacial score (nSPS) is 15.5. The number of para-hydroxylation sites is 1. The third kappa shape index (κ3) is 2.36. The topological polar surface area (TPSA) is 91.1 Å². The van der Waals surface area contributed by atoms with Crippen LogP contribution in [0.2, 0.25) is 0 Å². The van der Waals surface area contributed by atoms with Crippen molar-refractivity contribution < 1.29 is 13.2 Å². The molecule has 0 aliphatic carbocycles. The van der Waals surface area contributed by atoms with Crippen LogP contribution in [-0.2, 0) is 23.0 Å². The summed E-state index contributed by atoms with van der Waals surface area (Å²) in [7, 11) is -1.96. The number of rotatable bonds is 3. The van der Waals surface area contributed by atoms with Gasteiger partial charge in [-0.2, -0.15) is 9.40 Å². The van der Waals surface area contributed by atoms with E-state index in [0.29, 0.717) is 30.9 Å². The first-order valence-electron chi connectivity index (χ1n) is 8.11. The Morgan fingerprint density at radius 1 is 1.28 bits per heavy atom. The maximum absolute atomic E-state index is 13.1. The second-order valence-electron chi connectivity index (χ2n) is 6.32. The van der Waals surface area contributed by atoms with Gasteiger partial charge in [0, 0.05) is 30.6 Å². The molecule has 1 aliphatic heterocycles. The summed E-state index contributed by atoms with van der Waals surface area (Å²) in [5, 5.41) is 7.80. The van der Waals surface area contributed by atoms with Gasteiger partial charge in [-0.25, -0.2) is 8.42 Å². The second-order valence-corrected chi connectivity index (χ2v) is 8.19. The van der Waals surface area contributed by atoms with Gasteiger partial charge in [0.2, 0.25) is 10.0 Å². The van der Waals surface area contributed by atoms with E-state index in [9.17, 15) is 8.42 Å². The van der Waals surface area contributed by atoms with Crippen LogP contribution in [0.4, 0.5) is 0 Å². The molecule has 0 unspecified atom stereocenters. The molecular weight excluding hydrogens is 340 g/mol. The summed E-state index contributed by atoms with van der Waals surface area (Å²) in [6, 6.07) is 5.82. The van der Waals surface area contributed by atoms with Gasteiger partial charge >= 0.3 is 0 Å². The molecule has 25 heavy (non-hydrogen) atoms. The first kappa shape index (κ1) is 16.2. The SMILES string of the molecule is COc1cccc2c3c([nH]c12)CCN(S(=O)(=O)c1c(C)n[nH]c1C)C3. The molecular formula is C17H20N4O3S. The van der Waals surface area contributed by atoms with Crippen LogP contribution >= 0.6 is 0 Å². The van der Waals surface area contributed by atoms with E-state index in [-0.39, 0.29) is 4.90 Å². The highest BCUT2D eigenvalue weighted by Crippen LogP contribution is 2.35. The Morgan fingerprint density at radius 3 is 2.76 bits per heavy atom. The van der Waals surface area contributed by atoms with Crippen molar-refractivity contribution in [3.8, 4) is 5.75 Å².